The van der Waals surface area contributed by atoms with Crippen molar-refractivity contribution in [1.29, 1.82) is 0 Å². The second-order valence-corrected chi connectivity index (χ2v) is 4.98. The first-order valence-electron chi connectivity index (χ1n) is 5.01. The number of halogens is 4. The standard InChI is InChI=1S/C12H8BrClF2N2/c1-6-2-10(16)11(4-9(6)15)18-12-8(13)3-7(14)5-17-12/h2-5H,1H3,(H,17,18). The Bertz CT molecular complexity index is 605. The predicted octanol–water partition coefficient (Wildman–Crippen LogP) is 4.83. The van der Waals surface area contributed by atoms with Gasteiger partial charge in [0.25, 0.3) is 0 Å². The Morgan fingerprint density at radius 3 is 2.61 bits per heavy atom. The number of aryl methyl sites for hydroxylation is 1. The van der Waals surface area contributed by atoms with Gasteiger partial charge in [-0.3, -0.25) is 0 Å². The first kappa shape index (κ1) is 13.2. The van der Waals surface area contributed by atoms with Crippen LogP contribution in [0, 0.1) is 18.6 Å². The summed E-state index contributed by atoms with van der Waals surface area (Å²) < 4.78 is 27.6. The zero-order valence-corrected chi connectivity index (χ0v) is 11.6. The molecule has 0 spiro atoms. The number of aromatic nitrogens is 1. The van der Waals surface area contributed by atoms with Crippen LogP contribution in [-0.4, -0.2) is 4.98 Å². The van der Waals surface area contributed by atoms with Gasteiger partial charge < -0.3 is 5.32 Å². The highest BCUT2D eigenvalue weighted by atomic mass is 79.9. The van der Waals surface area contributed by atoms with Gasteiger partial charge in [-0.1, -0.05) is 11.6 Å². The summed E-state index contributed by atoms with van der Waals surface area (Å²) in [5.74, 6) is -0.664. The molecule has 18 heavy (non-hydrogen) atoms. The molecule has 0 fully saturated rings. The molecule has 2 aromatic rings. The molecule has 1 aromatic carbocycles. The van der Waals surface area contributed by atoms with Gasteiger partial charge in [0.2, 0.25) is 0 Å². The van der Waals surface area contributed by atoms with Crippen molar-refractivity contribution in [2.24, 2.45) is 0 Å². The summed E-state index contributed by atoms with van der Waals surface area (Å²) >= 11 is 8.98. The monoisotopic (exact) mass is 332 g/mol. The van der Waals surface area contributed by atoms with Crippen molar-refractivity contribution in [1.82, 2.24) is 4.98 Å². The van der Waals surface area contributed by atoms with Crippen molar-refractivity contribution in [3.63, 3.8) is 0 Å². The molecular weight excluding hydrogens is 325 g/mol. The molecule has 2 nitrogen and oxygen atoms in total. The number of hydrogen-bond acceptors (Lipinski definition) is 2. The van der Waals surface area contributed by atoms with E-state index in [1.54, 1.807) is 6.07 Å². The first-order valence-corrected chi connectivity index (χ1v) is 6.18. The molecule has 6 heteroatoms. The summed E-state index contributed by atoms with van der Waals surface area (Å²) in [6.45, 7) is 1.50. The van der Waals surface area contributed by atoms with E-state index in [2.05, 4.69) is 26.2 Å². The Labute approximate surface area is 116 Å². The quantitative estimate of drug-likeness (QED) is 0.851. The number of anilines is 2. The van der Waals surface area contributed by atoms with Gasteiger partial charge in [0.1, 0.15) is 17.5 Å². The lowest BCUT2D eigenvalue weighted by Gasteiger charge is -2.09. The molecule has 2 rings (SSSR count). The van der Waals surface area contributed by atoms with E-state index in [0.717, 1.165) is 12.1 Å². The van der Waals surface area contributed by atoms with Gasteiger partial charge in [-0.25, -0.2) is 13.8 Å². The van der Waals surface area contributed by atoms with E-state index >= 15 is 0 Å². The highest BCUT2D eigenvalue weighted by Gasteiger charge is 2.10. The zero-order chi connectivity index (χ0) is 13.3. The smallest absolute Gasteiger partial charge is 0.147 e. The number of nitrogens with one attached hydrogen (secondary N) is 1. The molecule has 0 bridgehead atoms. The maximum absolute atomic E-state index is 13.6. The van der Waals surface area contributed by atoms with Crippen molar-refractivity contribution in [3.8, 4) is 0 Å². The van der Waals surface area contributed by atoms with Crippen LogP contribution in [0.25, 0.3) is 0 Å². The first-order chi connectivity index (χ1) is 8.47. The van der Waals surface area contributed by atoms with Gasteiger partial charge in [-0.15, -0.1) is 0 Å². The topological polar surface area (TPSA) is 24.9 Å². The summed E-state index contributed by atoms with van der Waals surface area (Å²) in [6, 6.07) is 3.83. The predicted molar refractivity (Wildman–Crippen MR) is 71.3 cm³/mol. The van der Waals surface area contributed by atoms with Gasteiger partial charge in [0.15, 0.2) is 0 Å². The molecular formula is C12H8BrClF2N2. The number of benzene rings is 1. The van der Waals surface area contributed by atoms with Gasteiger partial charge in [0.05, 0.1) is 15.2 Å². The van der Waals surface area contributed by atoms with Crippen molar-refractivity contribution in [2.45, 2.75) is 6.92 Å². The van der Waals surface area contributed by atoms with Crippen LogP contribution in [0.1, 0.15) is 5.56 Å². The zero-order valence-electron chi connectivity index (χ0n) is 9.27. The van der Waals surface area contributed by atoms with E-state index in [1.807, 2.05) is 0 Å². The van der Waals surface area contributed by atoms with Crippen LogP contribution >= 0.6 is 27.5 Å². The Hall–Kier alpha value is -1.20. The van der Waals surface area contributed by atoms with Gasteiger partial charge in [-0.05, 0) is 40.5 Å². The van der Waals surface area contributed by atoms with Gasteiger partial charge in [-0.2, -0.15) is 0 Å². The SMILES string of the molecule is Cc1cc(F)c(Nc2ncc(Cl)cc2Br)cc1F. The van der Waals surface area contributed by atoms with E-state index in [0.29, 0.717) is 15.3 Å². The largest absolute Gasteiger partial charge is 0.337 e. The summed E-state index contributed by atoms with van der Waals surface area (Å²) in [6.07, 6.45) is 1.41. The van der Waals surface area contributed by atoms with E-state index in [-0.39, 0.29) is 11.3 Å². The molecule has 0 aliphatic heterocycles. The molecule has 1 heterocycles. The lowest BCUT2D eigenvalue weighted by atomic mass is 10.2. The molecule has 0 aliphatic rings. The summed E-state index contributed by atoms with van der Waals surface area (Å²) in [7, 11) is 0. The molecule has 0 saturated carbocycles. The average Bonchev–Trinajstić information content (AvgIpc) is 2.29. The molecule has 0 aliphatic carbocycles. The summed E-state index contributed by atoms with van der Waals surface area (Å²) in [4.78, 5) is 3.99. The molecule has 0 unspecified atom stereocenters. The number of hydrogen-bond donors (Lipinski definition) is 1. The van der Waals surface area contributed by atoms with Crippen LogP contribution in [0.5, 0.6) is 0 Å². The summed E-state index contributed by atoms with van der Waals surface area (Å²) in [5.41, 5.74) is 0.273. The lowest BCUT2D eigenvalue weighted by molar-refractivity contribution is 0.595. The molecule has 0 saturated heterocycles. The van der Waals surface area contributed by atoms with Crippen molar-refractivity contribution >= 4 is 39.0 Å². The van der Waals surface area contributed by atoms with Gasteiger partial charge in [0, 0.05) is 12.3 Å². The van der Waals surface area contributed by atoms with E-state index in [1.165, 1.54) is 13.1 Å². The number of rotatable bonds is 2. The fourth-order valence-corrected chi connectivity index (χ4v) is 2.11. The number of pyridine rings is 1. The average molecular weight is 334 g/mol. The highest BCUT2D eigenvalue weighted by Crippen LogP contribution is 2.28. The molecule has 0 radical (unpaired) electrons. The van der Waals surface area contributed by atoms with E-state index < -0.39 is 11.6 Å². The minimum absolute atomic E-state index is 0.0219. The molecule has 1 N–H and O–H groups in total. The van der Waals surface area contributed by atoms with Gasteiger partial charge >= 0.3 is 0 Å². The second-order valence-electron chi connectivity index (χ2n) is 3.69. The third-order valence-corrected chi connectivity index (χ3v) is 3.12. The maximum Gasteiger partial charge on any atom is 0.147 e. The molecule has 0 atom stereocenters. The number of nitrogens with zero attached hydrogens (tertiary/aromatic N) is 1. The Morgan fingerprint density at radius 2 is 1.94 bits per heavy atom. The molecule has 1 aromatic heterocycles. The van der Waals surface area contributed by atoms with Crippen LogP contribution in [-0.2, 0) is 0 Å². The van der Waals surface area contributed by atoms with E-state index in [9.17, 15) is 8.78 Å². The fourth-order valence-electron chi connectivity index (χ4n) is 1.38. The van der Waals surface area contributed by atoms with Crippen LogP contribution in [0.4, 0.5) is 20.3 Å². The highest BCUT2D eigenvalue weighted by molar-refractivity contribution is 9.10. The summed E-state index contributed by atoms with van der Waals surface area (Å²) in [5, 5.41) is 3.15. The van der Waals surface area contributed by atoms with E-state index in [4.69, 9.17) is 11.6 Å². The van der Waals surface area contributed by atoms with Crippen molar-refractivity contribution < 1.29 is 8.78 Å². The van der Waals surface area contributed by atoms with Crippen LogP contribution < -0.4 is 5.32 Å². The van der Waals surface area contributed by atoms with Crippen molar-refractivity contribution in [2.75, 3.05) is 5.32 Å². The minimum Gasteiger partial charge on any atom is -0.337 e. The second kappa shape index (κ2) is 5.20. The molecule has 0 amide bonds. The normalized spacial score (nSPS) is 10.5. The Kier molecular flexibility index (Phi) is 3.82. The van der Waals surface area contributed by atoms with Crippen molar-refractivity contribution in [3.05, 3.63) is 51.1 Å². The van der Waals surface area contributed by atoms with Crippen LogP contribution in [0.3, 0.4) is 0 Å². The lowest BCUT2D eigenvalue weighted by Crippen LogP contribution is -1.99. The maximum atomic E-state index is 13.6. The fraction of sp³-hybridized carbons (Fsp3) is 0.0833. The third kappa shape index (κ3) is 2.79. The minimum atomic E-state index is -0.544. The Morgan fingerprint density at radius 1 is 1.22 bits per heavy atom. The van der Waals surface area contributed by atoms with Crippen LogP contribution in [0.2, 0.25) is 5.02 Å². The third-order valence-electron chi connectivity index (χ3n) is 2.31. The molecule has 94 valence electrons. The Balaban J connectivity index is 2.37. The van der Waals surface area contributed by atoms with Crippen LogP contribution in [0.15, 0.2) is 28.9 Å².